The van der Waals surface area contributed by atoms with Gasteiger partial charge in [-0.05, 0) is 36.5 Å². The predicted molar refractivity (Wildman–Crippen MR) is 119 cm³/mol. The van der Waals surface area contributed by atoms with Crippen molar-refractivity contribution < 1.29 is 14.0 Å². The molecule has 4 rings (SSSR count). The minimum Gasteiger partial charge on any atom is -0.359 e. The highest BCUT2D eigenvalue weighted by atomic mass is 19.1. The topological polar surface area (TPSA) is 75.2 Å². The molecule has 1 aliphatic heterocycles. The van der Waals surface area contributed by atoms with Crippen LogP contribution in [0.3, 0.4) is 0 Å². The monoisotopic (exact) mass is 432 g/mol. The summed E-state index contributed by atoms with van der Waals surface area (Å²) in [5.74, 6) is -0.456. The summed E-state index contributed by atoms with van der Waals surface area (Å²) in [5, 5.41) is 2.80. The quantitative estimate of drug-likeness (QED) is 0.670. The lowest BCUT2D eigenvalue weighted by Crippen LogP contribution is -2.50. The Labute approximate surface area is 186 Å². The number of aromatic nitrogens is 2. The van der Waals surface area contributed by atoms with Crippen molar-refractivity contribution in [1.29, 1.82) is 0 Å². The first-order valence-corrected chi connectivity index (χ1v) is 10.6. The maximum Gasteiger partial charge on any atom is 0.274 e. The number of hydrogen-bond donors (Lipinski definition) is 1. The van der Waals surface area contributed by atoms with Gasteiger partial charge in [-0.3, -0.25) is 14.6 Å². The molecule has 6 nitrogen and oxygen atoms in total. The lowest BCUT2D eigenvalue weighted by Gasteiger charge is -2.40. The third-order valence-corrected chi connectivity index (χ3v) is 6.18. The van der Waals surface area contributed by atoms with Crippen molar-refractivity contribution in [3.05, 3.63) is 84.2 Å². The van der Waals surface area contributed by atoms with Crippen molar-refractivity contribution in [2.45, 2.75) is 19.3 Å². The molecule has 1 aromatic heterocycles. The Kier molecular flexibility index (Phi) is 6.25. The SMILES string of the molecule is CNC(=O)C1(Cc2ccc(-c3ccccc3F)cc2)CCN(C(=O)c2cnccn2)CC1. The first-order valence-electron chi connectivity index (χ1n) is 10.6. The molecular weight excluding hydrogens is 407 g/mol. The Morgan fingerprint density at radius 3 is 2.41 bits per heavy atom. The van der Waals surface area contributed by atoms with Crippen molar-refractivity contribution in [2.24, 2.45) is 5.41 Å². The smallest absolute Gasteiger partial charge is 0.274 e. The highest BCUT2D eigenvalue weighted by Gasteiger charge is 2.42. The zero-order valence-corrected chi connectivity index (χ0v) is 17.9. The van der Waals surface area contributed by atoms with Gasteiger partial charge in [-0.2, -0.15) is 0 Å². The van der Waals surface area contributed by atoms with E-state index in [1.807, 2.05) is 30.3 Å². The van der Waals surface area contributed by atoms with Crippen LogP contribution < -0.4 is 5.32 Å². The van der Waals surface area contributed by atoms with Gasteiger partial charge in [0, 0.05) is 38.1 Å². The van der Waals surface area contributed by atoms with Gasteiger partial charge in [-0.25, -0.2) is 9.37 Å². The van der Waals surface area contributed by atoms with Crippen LogP contribution in [0, 0.1) is 11.2 Å². The Morgan fingerprint density at radius 1 is 1.06 bits per heavy atom. The number of nitrogens with zero attached hydrogens (tertiary/aromatic N) is 3. The van der Waals surface area contributed by atoms with Crippen LogP contribution >= 0.6 is 0 Å². The number of nitrogens with one attached hydrogen (secondary N) is 1. The zero-order chi connectivity index (χ0) is 22.6. The van der Waals surface area contributed by atoms with Crippen molar-refractivity contribution in [1.82, 2.24) is 20.2 Å². The largest absolute Gasteiger partial charge is 0.359 e. The second kappa shape index (κ2) is 9.26. The molecule has 7 heteroatoms. The molecule has 3 aromatic rings. The zero-order valence-electron chi connectivity index (χ0n) is 17.9. The first-order chi connectivity index (χ1) is 15.5. The summed E-state index contributed by atoms with van der Waals surface area (Å²) < 4.78 is 14.1. The summed E-state index contributed by atoms with van der Waals surface area (Å²) in [4.78, 5) is 35.4. The molecule has 0 radical (unpaired) electrons. The van der Waals surface area contributed by atoms with E-state index in [9.17, 15) is 14.0 Å². The minimum absolute atomic E-state index is 0.0257. The summed E-state index contributed by atoms with van der Waals surface area (Å²) in [5.41, 5.74) is 2.06. The van der Waals surface area contributed by atoms with Gasteiger partial charge in [0.25, 0.3) is 5.91 Å². The molecule has 1 saturated heterocycles. The minimum atomic E-state index is -0.604. The molecule has 0 spiro atoms. The number of halogens is 1. The van der Waals surface area contributed by atoms with Gasteiger partial charge in [0.1, 0.15) is 11.5 Å². The molecule has 0 atom stereocenters. The molecular formula is C25H25FN4O2. The second-order valence-electron chi connectivity index (χ2n) is 8.10. The van der Waals surface area contributed by atoms with E-state index in [-0.39, 0.29) is 17.6 Å². The lowest BCUT2D eigenvalue weighted by molar-refractivity contribution is -0.133. The molecule has 0 unspecified atom stereocenters. The van der Waals surface area contributed by atoms with Crippen LogP contribution in [0.25, 0.3) is 11.1 Å². The second-order valence-corrected chi connectivity index (χ2v) is 8.10. The number of piperidine rings is 1. The van der Waals surface area contributed by atoms with Crippen LogP contribution in [0.1, 0.15) is 28.9 Å². The maximum absolute atomic E-state index is 14.1. The van der Waals surface area contributed by atoms with Crippen LogP contribution in [0.5, 0.6) is 0 Å². The van der Waals surface area contributed by atoms with E-state index >= 15 is 0 Å². The third-order valence-electron chi connectivity index (χ3n) is 6.18. The van der Waals surface area contributed by atoms with E-state index < -0.39 is 5.41 Å². The first kappa shape index (κ1) is 21.6. The number of likely N-dealkylation sites (tertiary alicyclic amines) is 1. The molecule has 0 aliphatic carbocycles. The molecule has 0 bridgehead atoms. The van der Waals surface area contributed by atoms with Gasteiger partial charge in [0.2, 0.25) is 5.91 Å². The molecule has 0 saturated carbocycles. The molecule has 1 N–H and O–H groups in total. The van der Waals surface area contributed by atoms with Crippen LogP contribution in [0.2, 0.25) is 0 Å². The normalized spacial score (nSPS) is 15.2. The van der Waals surface area contributed by atoms with Gasteiger partial charge < -0.3 is 10.2 Å². The fourth-order valence-electron chi connectivity index (χ4n) is 4.35. The molecule has 1 fully saturated rings. The predicted octanol–water partition coefficient (Wildman–Crippen LogP) is 3.49. The van der Waals surface area contributed by atoms with Crippen LogP contribution in [0.15, 0.2) is 67.1 Å². The van der Waals surface area contributed by atoms with Crippen molar-refractivity contribution in [3.8, 4) is 11.1 Å². The van der Waals surface area contributed by atoms with Crippen LogP contribution in [-0.4, -0.2) is 46.8 Å². The van der Waals surface area contributed by atoms with Crippen molar-refractivity contribution in [2.75, 3.05) is 20.1 Å². The summed E-state index contributed by atoms with van der Waals surface area (Å²) in [6, 6.07) is 14.3. The Morgan fingerprint density at radius 2 is 1.78 bits per heavy atom. The number of benzene rings is 2. The fraction of sp³-hybridized carbons (Fsp3) is 0.280. The molecule has 2 amide bonds. The van der Waals surface area contributed by atoms with E-state index in [1.54, 1.807) is 24.1 Å². The summed E-state index contributed by atoms with van der Waals surface area (Å²) in [6.07, 6.45) is 6.14. The number of carbonyl (C=O) groups is 2. The fourth-order valence-corrected chi connectivity index (χ4v) is 4.35. The Bertz CT molecular complexity index is 1090. The van der Waals surface area contributed by atoms with Crippen molar-refractivity contribution >= 4 is 11.8 Å². The number of hydrogen-bond acceptors (Lipinski definition) is 4. The summed E-state index contributed by atoms with van der Waals surface area (Å²) in [7, 11) is 1.64. The third kappa shape index (κ3) is 4.37. The Hall–Kier alpha value is -3.61. The van der Waals surface area contributed by atoms with Gasteiger partial charge in [-0.15, -0.1) is 0 Å². The van der Waals surface area contributed by atoms with E-state index in [0.717, 1.165) is 11.1 Å². The van der Waals surface area contributed by atoms with Crippen LogP contribution in [-0.2, 0) is 11.2 Å². The average molecular weight is 432 g/mol. The van der Waals surface area contributed by atoms with E-state index in [2.05, 4.69) is 15.3 Å². The molecule has 164 valence electrons. The molecule has 1 aliphatic rings. The van der Waals surface area contributed by atoms with Gasteiger partial charge >= 0.3 is 0 Å². The number of rotatable bonds is 5. The number of amides is 2. The van der Waals surface area contributed by atoms with E-state index in [1.165, 1.54) is 24.7 Å². The average Bonchev–Trinajstić information content (AvgIpc) is 2.85. The molecule has 2 aromatic carbocycles. The van der Waals surface area contributed by atoms with Gasteiger partial charge in [-0.1, -0.05) is 42.5 Å². The summed E-state index contributed by atoms with van der Waals surface area (Å²) >= 11 is 0. The maximum atomic E-state index is 14.1. The number of carbonyl (C=O) groups excluding carboxylic acids is 2. The van der Waals surface area contributed by atoms with E-state index in [4.69, 9.17) is 0 Å². The standard InChI is InChI=1S/C25H25FN4O2/c1-27-24(32)25(10-14-30(15-11-25)23(31)22-17-28-12-13-29-22)16-18-6-8-19(9-7-18)20-4-2-3-5-21(20)26/h2-9,12-13,17H,10-11,14-16H2,1H3,(H,27,32). The van der Waals surface area contributed by atoms with Crippen molar-refractivity contribution in [3.63, 3.8) is 0 Å². The lowest BCUT2D eigenvalue weighted by atomic mass is 9.72. The van der Waals surface area contributed by atoms with Crippen LogP contribution in [0.4, 0.5) is 4.39 Å². The highest BCUT2D eigenvalue weighted by Crippen LogP contribution is 2.36. The molecule has 32 heavy (non-hydrogen) atoms. The highest BCUT2D eigenvalue weighted by molar-refractivity contribution is 5.92. The van der Waals surface area contributed by atoms with E-state index in [0.29, 0.717) is 43.6 Å². The van der Waals surface area contributed by atoms with Gasteiger partial charge in [0.05, 0.1) is 11.6 Å². The Balaban J connectivity index is 1.49. The molecule has 2 heterocycles. The summed E-state index contributed by atoms with van der Waals surface area (Å²) in [6.45, 7) is 0.937. The van der Waals surface area contributed by atoms with Gasteiger partial charge in [0.15, 0.2) is 0 Å².